The van der Waals surface area contributed by atoms with Crippen LogP contribution in [-0.4, -0.2) is 31.8 Å². The summed E-state index contributed by atoms with van der Waals surface area (Å²) in [6.07, 6.45) is 5.60. The van der Waals surface area contributed by atoms with Gasteiger partial charge in [-0.1, -0.05) is 42.5 Å². The summed E-state index contributed by atoms with van der Waals surface area (Å²) in [5.41, 5.74) is 6.80. The van der Waals surface area contributed by atoms with E-state index in [9.17, 15) is 0 Å². The second-order valence-electron chi connectivity index (χ2n) is 8.07. The number of hydrogen-bond donors (Lipinski definition) is 2. The van der Waals surface area contributed by atoms with Gasteiger partial charge in [0.25, 0.3) is 0 Å². The molecule has 0 saturated carbocycles. The van der Waals surface area contributed by atoms with Crippen LogP contribution in [0.1, 0.15) is 35.0 Å². The number of benzene rings is 2. The van der Waals surface area contributed by atoms with Crippen LogP contribution in [0.2, 0.25) is 0 Å². The van der Waals surface area contributed by atoms with Gasteiger partial charge in [0.05, 0.1) is 24.3 Å². The van der Waals surface area contributed by atoms with Gasteiger partial charge in [-0.15, -0.1) is 24.0 Å². The third-order valence-electron chi connectivity index (χ3n) is 5.39. The molecule has 34 heavy (non-hydrogen) atoms. The molecule has 4 rings (SSSR count). The van der Waals surface area contributed by atoms with Crippen LogP contribution in [0.4, 0.5) is 0 Å². The Kier molecular flexibility index (Phi) is 9.26. The predicted molar refractivity (Wildman–Crippen MR) is 148 cm³/mol. The molecule has 2 aromatic carbocycles. The van der Waals surface area contributed by atoms with Gasteiger partial charge in [-0.2, -0.15) is 5.10 Å². The molecule has 0 aliphatic heterocycles. The maximum Gasteiger partial charge on any atom is 0.191 e. The highest BCUT2D eigenvalue weighted by Crippen LogP contribution is 2.17. The van der Waals surface area contributed by atoms with E-state index in [4.69, 9.17) is 4.99 Å². The van der Waals surface area contributed by atoms with Gasteiger partial charge in [0.2, 0.25) is 0 Å². The fourth-order valence-corrected chi connectivity index (χ4v) is 3.77. The van der Waals surface area contributed by atoms with E-state index >= 15 is 0 Å². The number of guanidine groups is 1. The molecule has 2 N–H and O–H groups in total. The van der Waals surface area contributed by atoms with Crippen LogP contribution in [0.15, 0.2) is 78.3 Å². The Morgan fingerprint density at radius 2 is 1.76 bits per heavy atom. The van der Waals surface area contributed by atoms with E-state index in [-0.39, 0.29) is 24.0 Å². The summed E-state index contributed by atoms with van der Waals surface area (Å²) >= 11 is 0. The fraction of sp³-hybridized carbons (Fsp3) is 0.269. The van der Waals surface area contributed by atoms with Crippen LogP contribution in [0.25, 0.3) is 5.69 Å². The minimum Gasteiger partial charge on any atom is -0.357 e. The molecular weight excluding hydrogens is 537 g/mol. The van der Waals surface area contributed by atoms with Crippen LogP contribution < -0.4 is 10.6 Å². The van der Waals surface area contributed by atoms with E-state index in [1.165, 1.54) is 11.1 Å². The maximum absolute atomic E-state index is 4.79. The van der Waals surface area contributed by atoms with E-state index in [0.717, 1.165) is 41.7 Å². The lowest BCUT2D eigenvalue weighted by Crippen LogP contribution is -2.37. The number of aryl methyl sites for hydroxylation is 2. The van der Waals surface area contributed by atoms with Crippen molar-refractivity contribution in [2.24, 2.45) is 4.99 Å². The topological polar surface area (TPSA) is 72.1 Å². The molecule has 0 atom stereocenters. The van der Waals surface area contributed by atoms with Crippen molar-refractivity contribution in [2.75, 3.05) is 6.54 Å². The largest absolute Gasteiger partial charge is 0.357 e. The molecule has 2 heterocycles. The molecule has 0 aliphatic carbocycles. The molecule has 0 aliphatic rings. The highest BCUT2D eigenvalue weighted by Gasteiger charge is 2.09. The summed E-state index contributed by atoms with van der Waals surface area (Å²) in [6.45, 7) is 9.06. The standard InChI is InChI=1S/C26H31N7.HI/c1-4-28-26(29-16-22-9-11-23(12-10-22)18-32-14-13-27-19-32)30-17-24-7-5-6-8-25(24)33-21(3)15-20(2)31-33;/h5-15,19H,4,16-18H2,1-3H3,(H2,28,29,30);1H. The first-order valence-corrected chi connectivity index (χ1v) is 11.3. The maximum atomic E-state index is 4.79. The Morgan fingerprint density at radius 1 is 1.00 bits per heavy atom. The number of hydrogen-bond acceptors (Lipinski definition) is 3. The van der Waals surface area contributed by atoms with Gasteiger partial charge >= 0.3 is 0 Å². The molecule has 0 saturated heterocycles. The number of aliphatic imine (C=N–C) groups is 1. The van der Waals surface area contributed by atoms with Crippen LogP contribution in [0, 0.1) is 13.8 Å². The molecule has 8 heteroatoms. The SMILES string of the molecule is CCNC(=NCc1ccc(Cn2ccnc2)cc1)NCc1ccccc1-n1nc(C)cc1C.I. The summed E-state index contributed by atoms with van der Waals surface area (Å²) in [5, 5.41) is 11.5. The van der Waals surface area contributed by atoms with Crippen molar-refractivity contribution in [3.63, 3.8) is 0 Å². The summed E-state index contributed by atoms with van der Waals surface area (Å²) in [5.74, 6) is 0.795. The average Bonchev–Trinajstić information content (AvgIpc) is 3.45. The molecule has 178 valence electrons. The van der Waals surface area contributed by atoms with E-state index in [1.807, 2.05) is 30.2 Å². The van der Waals surface area contributed by atoms with Crippen LogP contribution in [0.5, 0.6) is 0 Å². The highest BCUT2D eigenvalue weighted by molar-refractivity contribution is 14.0. The summed E-state index contributed by atoms with van der Waals surface area (Å²) in [6, 6.07) is 19.0. The lowest BCUT2D eigenvalue weighted by Gasteiger charge is -2.15. The number of nitrogens with one attached hydrogen (secondary N) is 2. The molecule has 2 aromatic heterocycles. The van der Waals surface area contributed by atoms with E-state index in [2.05, 4.69) is 87.7 Å². The van der Waals surface area contributed by atoms with Crippen molar-refractivity contribution in [3.05, 3.63) is 101 Å². The fourth-order valence-electron chi connectivity index (χ4n) is 3.77. The first kappa shape index (κ1) is 25.5. The van der Waals surface area contributed by atoms with Crippen molar-refractivity contribution in [3.8, 4) is 5.69 Å². The Hall–Kier alpha value is -3.14. The zero-order chi connectivity index (χ0) is 23.0. The van der Waals surface area contributed by atoms with Crippen molar-refractivity contribution >= 4 is 29.9 Å². The number of para-hydroxylation sites is 1. The highest BCUT2D eigenvalue weighted by atomic mass is 127. The van der Waals surface area contributed by atoms with Crippen LogP contribution in [-0.2, 0) is 19.6 Å². The average molecular weight is 569 g/mol. The summed E-state index contributed by atoms with van der Waals surface area (Å²) in [4.78, 5) is 8.88. The molecule has 0 fully saturated rings. The molecule has 0 amide bonds. The molecule has 0 bridgehead atoms. The minimum atomic E-state index is 0. The second kappa shape index (κ2) is 12.4. The van der Waals surface area contributed by atoms with E-state index < -0.39 is 0 Å². The second-order valence-corrected chi connectivity index (χ2v) is 8.07. The smallest absolute Gasteiger partial charge is 0.191 e. The van der Waals surface area contributed by atoms with Gasteiger partial charge < -0.3 is 15.2 Å². The molecule has 0 spiro atoms. The van der Waals surface area contributed by atoms with Gasteiger partial charge in [0.15, 0.2) is 5.96 Å². The van der Waals surface area contributed by atoms with Crippen molar-refractivity contribution < 1.29 is 0 Å². The Balaban J connectivity index is 0.00000324. The zero-order valence-electron chi connectivity index (χ0n) is 19.9. The number of rotatable bonds is 8. The predicted octanol–water partition coefficient (Wildman–Crippen LogP) is 4.61. The van der Waals surface area contributed by atoms with Crippen molar-refractivity contribution in [1.29, 1.82) is 0 Å². The van der Waals surface area contributed by atoms with Gasteiger partial charge in [-0.25, -0.2) is 14.7 Å². The lowest BCUT2D eigenvalue weighted by atomic mass is 10.1. The monoisotopic (exact) mass is 569 g/mol. The molecular formula is C26H32IN7. The third-order valence-corrected chi connectivity index (χ3v) is 5.39. The summed E-state index contributed by atoms with van der Waals surface area (Å²) < 4.78 is 4.06. The van der Waals surface area contributed by atoms with Gasteiger partial charge in [0.1, 0.15) is 0 Å². The van der Waals surface area contributed by atoms with Crippen molar-refractivity contribution in [2.45, 2.75) is 40.4 Å². The first-order chi connectivity index (χ1) is 16.1. The van der Waals surface area contributed by atoms with Gasteiger partial charge in [-0.3, -0.25) is 0 Å². The third kappa shape index (κ3) is 6.69. The van der Waals surface area contributed by atoms with Gasteiger partial charge in [0, 0.05) is 37.7 Å². The molecule has 0 radical (unpaired) electrons. The van der Waals surface area contributed by atoms with Crippen LogP contribution >= 0.6 is 24.0 Å². The zero-order valence-corrected chi connectivity index (χ0v) is 22.2. The Morgan fingerprint density at radius 3 is 2.44 bits per heavy atom. The number of nitrogens with zero attached hydrogens (tertiary/aromatic N) is 5. The molecule has 0 unspecified atom stereocenters. The number of imidazole rings is 1. The number of halogens is 1. The molecule has 7 nitrogen and oxygen atoms in total. The van der Waals surface area contributed by atoms with Gasteiger partial charge in [-0.05, 0) is 49.6 Å². The van der Waals surface area contributed by atoms with E-state index in [1.54, 1.807) is 6.20 Å². The normalized spacial score (nSPS) is 11.2. The van der Waals surface area contributed by atoms with Crippen LogP contribution in [0.3, 0.4) is 0 Å². The van der Waals surface area contributed by atoms with Crippen molar-refractivity contribution in [1.82, 2.24) is 30.0 Å². The van der Waals surface area contributed by atoms with E-state index in [0.29, 0.717) is 13.1 Å². The first-order valence-electron chi connectivity index (χ1n) is 11.3. The summed E-state index contributed by atoms with van der Waals surface area (Å²) in [7, 11) is 0. The molecule has 4 aromatic rings. The Bertz CT molecular complexity index is 1190. The minimum absolute atomic E-state index is 0. The number of aromatic nitrogens is 4. The Labute approximate surface area is 218 Å². The quantitative estimate of drug-likeness (QED) is 0.185. The lowest BCUT2D eigenvalue weighted by molar-refractivity contribution is 0.783.